The van der Waals surface area contributed by atoms with Crippen LogP contribution in [0.2, 0.25) is 0 Å². The number of rotatable bonds is 11. The first-order valence-electron chi connectivity index (χ1n) is 9.87. The van der Waals surface area contributed by atoms with E-state index >= 15 is 0 Å². The standard InChI is InChI=1S/C18H18N2O15S2/c1-30-18-17(35-37(28,29)33-14-8-4-12(5-9-14)20(24)25)16(21)15(10-31-18)34-36(26,27)32-13-6-2-11(3-7-13)19(22)23/h2-9,15-18,21H,10H2,1H3/t15-,16?,17+,18-/m1/s1. The van der Waals surface area contributed by atoms with Crippen molar-refractivity contribution < 1.29 is 58.0 Å². The number of hydrogen-bond donors (Lipinski definition) is 1. The van der Waals surface area contributed by atoms with Crippen molar-refractivity contribution in [2.75, 3.05) is 13.7 Å². The van der Waals surface area contributed by atoms with Crippen LogP contribution in [0.1, 0.15) is 0 Å². The molecule has 1 saturated heterocycles. The van der Waals surface area contributed by atoms with Gasteiger partial charge in [-0.2, -0.15) is 16.8 Å². The summed E-state index contributed by atoms with van der Waals surface area (Å²) in [7, 11) is -8.75. The van der Waals surface area contributed by atoms with Crippen LogP contribution >= 0.6 is 0 Å². The molecule has 1 fully saturated rings. The van der Waals surface area contributed by atoms with Gasteiger partial charge in [-0.25, -0.2) is 8.37 Å². The Labute approximate surface area is 209 Å². The smallest absolute Gasteiger partial charge is 0.387 e. The maximum atomic E-state index is 12.4. The van der Waals surface area contributed by atoms with Gasteiger partial charge in [0.25, 0.3) is 11.4 Å². The third-order valence-electron chi connectivity index (χ3n) is 4.60. The van der Waals surface area contributed by atoms with Crippen molar-refractivity contribution in [2.45, 2.75) is 24.6 Å². The molecule has 19 heteroatoms. The highest BCUT2D eigenvalue weighted by molar-refractivity contribution is 7.82. The Morgan fingerprint density at radius 1 is 0.838 bits per heavy atom. The third kappa shape index (κ3) is 7.52. The molecule has 2 aromatic carbocycles. The number of methoxy groups -OCH3 is 1. The third-order valence-corrected chi connectivity index (χ3v) is 6.34. The van der Waals surface area contributed by atoms with Gasteiger partial charge in [0.1, 0.15) is 23.7 Å². The van der Waals surface area contributed by atoms with Crippen molar-refractivity contribution in [2.24, 2.45) is 0 Å². The van der Waals surface area contributed by atoms with Crippen molar-refractivity contribution in [3.63, 3.8) is 0 Å². The fourth-order valence-electron chi connectivity index (χ4n) is 2.95. The van der Waals surface area contributed by atoms with Gasteiger partial charge >= 0.3 is 20.8 Å². The molecule has 0 saturated carbocycles. The van der Waals surface area contributed by atoms with E-state index in [9.17, 15) is 42.2 Å². The van der Waals surface area contributed by atoms with Gasteiger partial charge in [0.05, 0.1) is 16.5 Å². The van der Waals surface area contributed by atoms with Crippen LogP contribution < -0.4 is 8.37 Å². The van der Waals surface area contributed by atoms with Crippen molar-refractivity contribution in [3.8, 4) is 11.5 Å². The Morgan fingerprint density at radius 2 is 1.27 bits per heavy atom. The van der Waals surface area contributed by atoms with Crippen LogP contribution in [0, 0.1) is 20.2 Å². The van der Waals surface area contributed by atoms with Crippen molar-refractivity contribution in [1.29, 1.82) is 0 Å². The summed E-state index contributed by atoms with van der Waals surface area (Å²) >= 11 is 0. The van der Waals surface area contributed by atoms with E-state index in [-0.39, 0.29) is 22.9 Å². The molecule has 0 amide bonds. The molecule has 0 bridgehead atoms. The van der Waals surface area contributed by atoms with E-state index < -0.39 is 61.9 Å². The molecular weight excluding hydrogens is 548 g/mol. The lowest BCUT2D eigenvalue weighted by Crippen LogP contribution is -2.56. The molecule has 0 radical (unpaired) electrons. The first kappa shape index (κ1) is 28.1. The highest BCUT2D eigenvalue weighted by Crippen LogP contribution is 2.27. The molecular formula is C18H18N2O15S2. The summed E-state index contributed by atoms with van der Waals surface area (Å²) in [4.78, 5) is 20.0. The predicted molar refractivity (Wildman–Crippen MR) is 118 cm³/mol. The number of hydrogen-bond acceptors (Lipinski definition) is 15. The number of benzene rings is 2. The zero-order chi connectivity index (χ0) is 27.4. The topological polar surface area (TPSA) is 230 Å². The van der Waals surface area contributed by atoms with Crippen LogP contribution in [0.3, 0.4) is 0 Å². The molecule has 2 aromatic rings. The van der Waals surface area contributed by atoms with Gasteiger partial charge in [0.15, 0.2) is 12.4 Å². The molecule has 0 aliphatic carbocycles. The molecule has 3 rings (SSSR count). The van der Waals surface area contributed by atoms with Gasteiger partial charge in [-0.1, -0.05) is 0 Å². The molecule has 1 aliphatic heterocycles. The summed E-state index contributed by atoms with van der Waals surface area (Å²) < 4.78 is 78.4. The van der Waals surface area contributed by atoms with Crippen molar-refractivity contribution >= 4 is 32.2 Å². The molecule has 37 heavy (non-hydrogen) atoms. The van der Waals surface area contributed by atoms with Crippen LogP contribution in [-0.4, -0.2) is 70.1 Å². The fourth-order valence-corrected chi connectivity index (χ4v) is 4.68. The van der Waals surface area contributed by atoms with E-state index in [4.69, 9.17) is 22.0 Å². The minimum atomic E-state index is -4.95. The number of nitro groups is 2. The quantitative estimate of drug-likeness (QED) is 0.289. The lowest BCUT2D eigenvalue weighted by atomic mass is 10.1. The SMILES string of the molecule is CO[C@@H]1OC[C@@H](OS(=O)(=O)Oc2ccc([N+](=O)[O-])cc2)C(O)[C@@H]1OS(=O)(=O)Oc1ccc([N+](=O)[O-])cc1. The van der Waals surface area contributed by atoms with Crippen LogP contribution in [0.4, 0.5) is 11.4 Å². The second-order valence-electron chi connectivity index (χ2n) is 7.11. The molecule has 1 N–H and O–H groups in total. The monoisotopic (exact) mass is 566 g/mol. The first-order chi connectivity index (χ1) is 17.3. The second-order valence-corrected chi connectivity index (χ2v) is 9.46. The van der Waals surface area contributed by atoms with Gasteiger partial charge in [-0.15, -0.1) is 0 Å². The zero-order valence-corrected chi connectivity index (χ0v) is 20.1. The van der Waals surface area contributed by atoms with E-state index in [1.165, 1.54) is 0 Å². The van der Waals surface area contributed by atoms with Gasteiger partial charge in [-0.3, -0.25) is 20.2 Å². The van der Waals surface area contributed by atoms with E-state index in [1.54, 1.807) is 0 Å². The second kappa shape index (κ2) is 11.3. The Kier molecular flexibility index (Phi) is 8.58. The Morgan fingerprint density at radius 3 is 1.68 bits per heavy atom. The molecule has 0 aromatic heterocycles. The minimum absolute atomic E-state index is 0.329. The summed E-state index contributed by atoms with van der Waals surface area (Å²) in [6, 6.07) is 7.84. The molecule has 4 atom stereocenters. The maximum absolute atomic E-state index is 12.4. The van der Waals surface area contributed by atoms with Gasteiger partial charge in [-0.05, 0) is 24.3 Å². The molecule has 1 heterocycles. The summed E-state index contributed by atoms with van der Waals surface area (Å²) in [5, 5.41) is 32.0. The largest absolute Gasteiger partial charge is 0.449 e. The number of non-ortho nitro benzene ring substituents is 2. The zero-order valence-electron chi connectivity index (χ0n) is 18.5. The Hall–Kier alpha value is -3.46. The van der Waals surface area contributed by atoms with Crippen LogP contribution in [0.15, 0.2) is 48.5 Å². The average molecular weight is 566 g/mol. The fraction of sp³-hybridized carbons (Fsp3) is 0.333. The summed E-state index contributed by atoms with van der Waals surface area (Å²) in [6.45, 7) is -0.606. The van der Waals surface area contributed by atoms with E-state index in [2.05, 4.69) is 4.18 Å². The lowest BCUT2D eigenvalue weighted by Gasteiger charge is -2.37. The highest BCUT2D eigenvalue weighted by Gasteiger charge is 2.46. The Balaban J connectivity index is 1.69. The maximum Gasteiger partial charge on any atom is 0.449 e. The number of aliphatic hydroxyl groups is 1. The number of nitro benzene ring substituents is 2. The summed E-state index contributed by atoms with van der Waals surface area (Å²) in [5.41, 5.74) is -0.664. The van der Waals surface area contributed by atoms with Gasteiger partial charge < -0.3 is 22.9 Å². The molecule has 0 spiro atoms. The normalized spacial score (nSPS) is 22.2. The van der Waals surface area contributed by atoms with Gasteiger partial charge in [0, 0.05) is 31.4 Å². The van der Waals surface area contributed by atoms with Crippen molar-refractivity contribution in [3.05, 3.63) is 68.8 Å². The molecule has 1 aliphatic rings. The Bertz CT molecular complexity index is 1330. The summed E-state index contributed by atoms with van der Waals surface area (Å²) in [6.07, 6.45) is -7.12. The van der Waals surface area contributed by atoms with Crippen LogP contribution in [-0.2, 0) is 38.6 Å². The van der Waals surface area contributed by atoms with Gasteiger partial charge in [0.2, 0.25) is 0 Å². The predicted octanol–water partition coefficient (Wildman–Crippen LogP) is 0.584. The van der Waals surface area contributed by atoms with E-state index in [1.807, 2.05) is 0 Å². The first-order valence-corrected chi connectivity index (χ1v) is 12.5. The summed E-state index contributed by atoms with van der Waals surface area (Å²) in [5.74, 6) is -0.712. The highest BCUT2D eigenvalue weighted by atomic mass is 32.3. The number of nitrogens with zero attached hydrogens (tertiary/aromatic N) is 2. The average Bonchev–Trinajstić information content (AvgIpc) is 2.81. The lowest BCUT2D eigenvalue weighted by molar-refractivity contribution is -0.385. The van der Waals surface area contributed by atoms with Crippen LogP contribution in [0.5, 0.6) is 11.5 Å². The molecule has 202 valence electrons. The van der Waals surface area contributed by atoms with Crippen LogP contribution in [0.25, 0.3) is 0 Å². The van der Waals surface area contributed by atoms with E-state index in [0.29, 0.717) is 0 Å². The number of aliphatic hydroxyl groups excluding tert-OH is 1. The molecule has 17 nitrogen and oxygen atoms in total. The van der Waals surface area contributed by atoms with E-state index in [0.717, 1.165) is 55.6 Å². The number of ether oxygens (including phenoxy) is 2. The minimum Gasteiger partial charge on any atom is -0.387 e. The van der Waals surface area contributed by atoms with Crippen molar-refractivity contribution in [1.82, 2.24) is 0 Å². The molecule has 1 unspecified atom stereocenters.